The summed E-state index contributed by atoms with van der Waals surface area (Å²) in [5.41, 5.74) is 0.989. The highest BCUT2D eigenvalue weighted by atomic mass is 16.5. The van der Waals surface area contributed by atoms with E-state index >= 15 is 0 Å². The van der Waals surface area contributed by atoms with Crippen LogP contribution < -0.4 is 5.32 Å². The van der Waals surface area contributed by atoms with Crippen molar-refractivity contribution in [2.75, 3.05) is 25.1 Å². The lowest BCUT2D eigenvalue weighted by atomic mass is 10.1. The van der Waals surface area contributed by atoms with Crippen molar-refractivity contribution in [3.63, 3.8) is 0 Å². The molecule has 0 aromatic carbocycles. The molecule has 0 spiro atoms. The van der Waals surface area contributed by atoms with Crippen LogP contribution in [-0.4, -0.2) is 40.8 Å². The van der Waals surface area contributed by atoms with E-state index in [1.54, 1.807) is 0 Å². The molecule has 98 valence electrons. The number of carboxylic acid groups (broad SMARTS) is 1. The summed E-state index contributed by atoms with van der Waals surface area (Å²) in [7, 11) is 0. The first-order chi connectivity index (χ1) is 8.75. The number of rotatable bonds is 6. The maximum Gasteiger partial charge on any atom is 0.303 e. The molecular weight excluding hydrogens is 234 g/mol. The average Bonchev–Trinajstić information content (AvgIpc) is 2.89. The van der Waals surface area contributed by atoms with Crippen LogP contribution in [0.2, 0.25) is 0 Å². The second-order valence-corrected chi connectivity index (χ2v) is 4.31. The molecule has 0 unspecified atom stereocenters. The largest absolute Gasteiger partial charge is 0.481 e. The van der Waals surface area contributed by atoms with Crippen LogP contribution in [0.25, 0.3) is 0 Å². The molecule has 0 aliphatic carbocycles. The molecule has 6 heteroatoms. The van der Waals surface area contributed by atoms with E-state index < -0.39 is 5.97 Å². The highest BCUT2D eigenvalue weighted by molar-refractivity contribution is 5.66. The first kappa shape index (κ1) is 12.8. The summed E-state index contributed by atoms with van der Waals surface area (Å²) in [4.78, 5) is 18.7. The molecule has 0 bridgehead atoms. The van der Waals surface area contributed by atoms with Gasteiger partial charge in [-0.2, -0.15) is 0 Å². The van der Waals surface area contributed by atoms with Gasteiger partial charge in [-0.25, -0.2) is 9.97 Å². The first-order valence-electron chi connectivity index (χ1n) is 6.11. The third kappa shape index (κ3) is 3.66. The summed E-state index contributed by atoms with van der Waals surface area (Å²) >= 11 is 0. The number of ether oxygens (including phenoxy) is 1. The van der Waals surface area contributed by atoms with Crippen molar-refractivity contribution in [3.05, 3.63) is 18.1 Å². The molecule has 0 amide bonds. The Morgan fingerprint density at radius 2 is 2.44 bits per heavy atom. The zero-order valence-electron chi connectivity index (χ0n) is 10.1. The van der Waals surface area contributed by atoms with Crippen LogP contribution in [0.5, 0.6) is 0 Å². The van der Waals surface area contributed by atoms with E-state index in [1.807, 2.05) is 6.07 Å². The smallest absolute Gasteiger partial charge is 0.303 e. The molecule has 1 aliphatic rings. The molecule has 18 heavy (non-hydrogen) atoms. The van der Waals surface area contributed by atoms with Crippen LogP contribution in [0, 0.1) is 0 Å². The van der Waals surface area contributed by atoms with Gasteiger partial charge < -0.3 is 15.2 Å². The lowest BCUT2D eigenvalue weighted by Gasteiger charge is -2.09. The Labute approximate surface area is 105 Å². The number of aromatic nitrogens is 2. The summed E-state index contributed by atoms with van der Waals surface area (Å²) in [5, 5.41) is 11.6. The molecule has 6 nitrogen and oxygen atoms in total. The molecule has 1 atom stereocenters. The Kier molecular flexibility index (Phi) is 4.46. The Morgan fingerprint density at radius 3 is 3.17 bits per heavy atom. The number of carboxylic acids is 1. The van der Waals surface area contributed by atoms with Gasteiger partial charge in [0.2, 0.25) is 0 Å². The van der Waals surface area contributed by atoms with Crippen LogP contribution >= 0.6 is 0 Å². The lowest BCUT2D eigenvalue weighted by Crippen LogP contribution is -2.08. The van der Waals surface area contributed by atoms with Crippen molar-refractivity contribution in [2.24, 2.45) is 0 Å². The fourth-order valence-electron chi connectivity index (χ4n) is 1.92. The Bertz CT molecular complexity index is 405. The van der Waals surface area contributed by atoms with Crippen LogP contribution in [0.4, 0.5) is 5.82 Å². The third-order valence-corrected chi connectivity index (χ3v) is 2.91. The fraction of sp³-hybridized carbons (Fsp3) is 0.583. The molecule has 1 fully saturated rings. The second-order valence-electron chi connectivity index (χ2n) is 4.31. The van der Waals surface area contributed by atoms with Gasteiger partial charge in [0.15, 0.2) is 0 Å². The number of nitrogens with one attached hydrogen (secondary N) is 1. The van der Waals surface area contributed by atoms with Gasteiger partial charge in [-0.15, -0.1) is 0 Å². The van der Waals surface area contributed by atoms with Crippen LogP contribution in [0.15, 0.2) is 12.4 Å². The van der Waals surface area contributed by atoms with E-state index in [9.17, 15) is 4.79 Å². The monoisotopic (exact) mass is 251 g/mol. The Balaban J connectivity index is 1.85. The zero-order chi connectivity index (χ0) is 12.8. The van der Waals surface area contributed by atoms with Crippen molar-refractivity contribution < 1.29 is 14.6 Å². The lowest BCUT2D eigenvalue weighted by molar-refractivity contribution is -0.137. The third-order valence-electron chi connectivity index (χ3n) is 2.91. The van der Waals surface area contributed by atoms with Gasteiger partial charge in [-0.1, -0.05) is 0 Å². The molecule has 2 heterocycles. The SMILES string of the molecule is O=C(O)CCCNc1cc([C@@H]2CCOC2)ncn1. The molecule has 1 saturated heterocycles. The standard InChI is InChI=1S/C12H17N3O3/c16-12(17)2-1-4-13-11-6-10(14-8-15-11)9-3-5-18-7-9/h6,8-9H,1-5,7H2,(H,16,17)(H,13,14,15)/t9-/m1/s1. The predicted molar refractivity (Wildman–Crippen MR) is 65.6 cm³/mol. The summed E-state index contributed by atoms with van der Waals surface area (Å²) < 4.78 is 5.33. The number of nitrogens with zero attached hydrogens (tertiary/aromatic N) is 2. The van der Waals surface area contributed by atoms with Gasteiger partial charge >= 0.3 is 5.97 Å². The minimum Gasteiger partial charge on any atom is -0.481 e. The minimum atomic E-state index is -0.775. The molecular formula is C12H17N3O3. The van der Waals surface area contributed by atoms with Gasteiger partial charge in [0.05, 0.1) is 12.3 Å². The molecule has 1 aromatic rings. The molecule has 1 aliphatic heterocycles. The number of hydrogen-bond donors (Lipinski definition) is 2. The molecule has 1 aromatic heterocycles. The van der Waals surface area contributed by atoms with E-state index in [2.05, 4.69) is 15.3 Å². The van der Waals surface area contributed by atoms with E-state index in [0.29, 0.717) is 18.9 Å². The van der Waals surface area contributed by atoms with Crippen LogP contribution in [0.1, 0.15) is 30.9 Å². The molecule has 2 rings (SSSR count). The predicted octanol–water partition coefficient (Wildman–Crippen LogP) is 1.26. The number of anilines is 1. The maximum absolute atomic E-state index is 10.4. The van der Waals surface area contributed by atoms with E-state index in [1.165, 1.54) is 6.33 Å². The Hall–Kier alpha value is -1.69. The van der Waals surface area contributed by atoms with Crippen molar-refractivity contribution in [3.8, 4) is 0 Å². The highest BCUT2D eigenvalue weighted by Crippen LogP contribution is 2.24. The van der Waals surface area contributed by atoms with Crippen molar-refractivity contribution in [1.29, 1.82) is 0 Å². The summed E-state index contributed by atoms with van der Waals surface area (Å²) in [6.45, 7) is 2.11. The van der Waals surface area contributed by atoms with Gasteiger partial charge in [-0.3, -0.25) is 4.79 Å². The Morgan fingerprint density at radius 1 is 1.56 bits per heavy atom. The van der Waals surface area contributed by atoms with Gasteiger partial charge in [0.1, 0.15) is 12.1 Å². The van der Waals surface area contributed by atoms with E-state index in [0.717, 1.165) is 31.1 Å². The topological polar surface area (TPSA) is 84.3 Å². The van der Waals surface area contributed by atoms with Gasteiger partial charge in [0.25, 0.3) is 0 Å². The summed E-state index contributed by atoms with van der Waals surface area (Å²) in [6, 6.07) is 1.92. The van der Waals surface area contributed by atoms with Crippen LogP contribution in [0.3, 0.4) is 0 Å². The van der Waals surface area contributed by atoms with Crippen LogP contribution in [-0.2, 0) is 9.53 Å². The second kappa shape index (κ2) is 6.30. The maximum atomic E-state index is 10.4. The quantitative estimate of drug-likeness (QED) is 0.740. The van der Waals surface area contributed by atoms with Crippen molar-refractivity contribution in [1.82, 2.24) is 9.97 Å². The summed E-state index contributed by atoms with van der Waals surface area (Å²) in [5.74, 6) is 0.327. The first-order valence-corrected chi connectivity index (χ1v) is 6.11. The van der Waals surface area contributed by atoms with E-state index in [-0.39, 0.29) is 6.42 Å². The van der Waals surface area contributed by atoms with Gasteiger partial charge in [-0.05, 0) is 12.8 Å². The van der Waals surface area contributed by atoms with Crippen molar-refractivity contribution in [2.45, 2.75) is 25.2 Å². The number of carbonyl (C=O) groups is 1. The normalized spacial score (nSPS) is 18.8. The van der Waals surface area contributed by atoms with Gasteiger partial charge in [0, 0.05) is 31.6 Å². The average molecular weight is 251 g/mol. The number of hydrogen-bond acceptors (Lipinski definition) is 5. The summed E-state index contributed by atoms with van der Waals surface area (Å²) in [6.07, 6.45) is 3.28. The fourth-order valence-corrected chi connectivity index (χ4v) is 1.92. The minimum absolute atomic E-state index is 0.168. The van der Waals surface area contributed by atoms with E-state index in [4.69, 9.17) is 9.84 Å². The molecule has 0 saturated carbocycles. The molecule has 2 N–H and O–H groups in total. The molecule has 0 radical (unpaired) electrons. The zero-order valence-corrected chi connectivity index (χ0v) is 10.1. The van der Waals surface area contributed by atoms with Crippen molar-refractivity contribution >= 4 is 11.8 Å². The number of aliphatic carboxylic acids is 1. The highest BCUT2D eigenvalue weighted by Gasteiger charge is 2.19.